The highest BCUT2D eigenvalue weighted by Crippen LogP contribution is 2.23. The van der Waals surface area contributed by atoms with Crippen molar-refractivity contribution in [1.82, 2.24) is 20.5 Å². The van der Waals surface area contributed by atoms with E-state index in [1.807, 2.05) is 17.5 Å². The molecule has 2 aromatic heterocycles. The first-order chi connectivity index (χ1) is 13.1. The Kier molecular flexibility index (Phi) is 6.87. The van der Waals surface area contributed by atoms with E-state index in [1.54, 1.807) is 17.6 Å². The van der Waals surface area contributed by atoms with Gasteiger partial charge in [0.2, 0.25) is 5.89 Å². The zero-order valence-electron chi connectivity index (χ0n) is 16.3. The third-order valence-corrected chi connectivity index (χ3v) is 5.44. The largest absolute Gasteiger partial charge is 0.443 e. The second kappa shape index (κ2) is 9.34. The maximum Gasteiger partial charge on any atom is 0.236 e. The topological polar surface area (TPSA) is 74.9 Å². The number of nitrogens with one attached hydrogen (secondary N) is 2. The summed E-state index contributed by atoms with van der Waals surface area (Å²) in [4.78, 5) is 12.7. The number of morpholine rings is 1. The average molecular weight is 392 g/mol. The molecule has 0 aliphatic carbocycles. The molecule has 1 aliphatic rings. The van der Waals surface area contributed by atoms with Crippen LogP contribution in [0.2, 0.25) is 0 Å². The Bertz CT molecular complexity index is 720. The van der Waals surface area contributed by atoms with E-state index in [1.165, 1.54) is 0 Å². The summed E-state index contributed by atoms with van der Waals surface area (Å²) in [6.45, 7) is 12.2. The molecule has 3 rings (SSSR count). The molecule has 0 aromatic carbocycles. The molecule has 27 heavy (non-hydrogen) atoms. The van der Waals surface area contributed by atoms with Crippen molar-refractivity contribution in [3.8, 4) is 10.8 Å². The first kappa shape index (κ1) is 19.9. The average Bonchev–Trinajstić information content (AvgIpc) is 3.36. The molecule has 0 radical (unpaired) electrons. The Morgan fingerprint density at radius 1 is 1.33 bits per heavy atom. The number of aliphatic imine (C=N–C) groups is 1. The van der Waals surface area contributed by atoms with Crippen molar-refractivity contribution in [3.05, 3.63) is 29.5 Å². The van der Waals surface area contributed by atoms with Crippen LogP contribution in [0.15, 0.2) is 33.2 Å². The fraction of sp³-hybridized carbons (Fsp3) is 0.579. The van der Waals surface area contributed by atoms with E-state index in [9.17, 15) is 0 Å². The van der Waals surface area contributed by atoms with Crippen molar-refractivity contribution in [2.24, 2.45) is 4.99 Å². The highest BCUT2D eigenvalue weighted by molar-refractivity contribution is 7.13. The normalized spacial score (nSPS) is 16.5. The van der Waals surface area contributed by atoms with Gasteiger partial charge in [0.1, 0.15) is 12.0 Å². The number of thiophene rings is 1. The molecule has 0 atom stereocenters. The van der Waals surface area contributed by atoms with Crippen LogP contribution in [0.5, 0.6) is 0 Å². The molecular formula is C19H29N5O2S. The minimum absolute atomic E-state index is 0.0280. The summed E-state index contributed by atoms with van der Waals surface area (Å²) in [5.41, 5.74) is 0.850. The highest BCUT2D eigenvalue weighted by atomic mass is 32.1. The predicted molar refractivity (Wildman–Crippen MR) is 109 cm³/mol. The van der Waals surface area contributed by atoms with Gasteiger partial charge in [-0.05, 0) is 32.2 Å². The lowest BCUT2D eigenvalue weighted by molar-refractivity contribution is -0.00834. The number of hydrogen-bond donors (Lipinski definition) is 2. The number of oxazole rings is 1. The smallest absolute Gasteiger partial charge is 0.236 e. The number of nitrogens with zero attached hydrogens (tertiary/aromatic N) is 3. The van der Waals surface area contributed by atoms with Crippen LogP contribution in [0.4, 0.5) is 0 Å². The van der Waals surface area contributed by atoms with E-state index in [0.717, 1.165) is 55.9 Å². The first-order valence-corrected chi connectivity index (χ1v) is 10.3. The summed E-state index contributed by atoms with van der Waals surface area (Å²) >= 11 is 1.62. The van der Waals surface area contributed by atoms with Crippen LogP contribution in [0, 0.1) is 0 Å². The van der Waals surface area contributed by atoms with Gasteiger partial charge in [-0.15, -0.1) is 11.3 Å². The van der Waals surface area contributed by atoms with Crippen LogP contribution in [-0.2, 0) is 11.3 Å². The molecule has 0 unspecified atom stereocenters. The Labute approximate surface area is 164 Å². The van der Waals surface area contributed by atoms with Gasteiger partial charge in [0, 0.05) is 31.7 Å². The zero-order valence-corrected chi connectivity index (χ0v) is 17.1. The predicted octanol–water partition coefficient (Wildman–Crippen LogP) is 2.57. The summed E-state index contributed by atoms with van der Waals surface area (Å²) in [7, 11) is 0. The molecule has 0 spiro atoms. The maximum atomic E-state index is 5.57. The van der Waals surface area contributed by atoms with Crippen molar-refractivity contribution in [2.75, 3.05) is 39.4 Å². The summed E-state index contributed by atoms with van der Waals surface area (Å²) in [5.74, 6) is 1.45. The maximum absolute atomic E-state index is 5.57. The van der Waals surface area contributed by atoms with E-state index in [2.05, 4.69) is 46.3 Å². The van der Waals surface area contributed by atoms with Crippen LogP contribution in [0.25, 0.3) is 10.8 Å². The second-order valence-electron chi connectivity index (χ2n) is 7.08. The molecule has 8 heteroatoms. The SMILES string of the molecule is CCNC(=NCc1coc(-c2cccs2)n1)NCC(C)(C)N1CCOCC1. The molecule has 1 saturated heterocycles. The standard InChI is InChI=1S/C19H29N5O2S/c1-4-20-18(22-14-19(2,3)24-7-9-25-10-8-24)21-12-15-13-26-17(23-15)16-6-5-11-27-16/h5-6,11,13H,4,7-10,12,14H2,1-3H3,(H2,20,21,22). The van der Waals surface area contributed by atoms with Gasteiger partial charge in [-0.3, -0.25) is 4.90 Å². The number of guanidine groups is 1. The van der Waals surface area contributed by atoms with E-state index in [-0.39, 0.29) is 5.54 Å². The quantitative estimate of drug-likeness (QED) is 0.558. The summed E-state index contributed by atoms with van der Waals surface area (Å²) < 4.78 is 11.0. The molecule has 148 valence electrons. The molecular weight excluding hydrogens is 362 g/mol. The molecule has 7 nitrogen and oxygen atoms in total. The van der Waals surface area contributed by atoms with Crippen LogP contribution in [0.1, 0.15) is 26.5 Å². The Balaban J connectivity index is 1.57. The van der Waals surface area contributed by atoms with Crippen molar-refractivity contribution < 1.29 is 9.15 Å². The third kappa shape index (κ3) is 5.54. The first-order valence-electron chi connectivity index (χ1n) is 9.42. The molecule has 1 fully saturated rings. The van der Waals surface area contributed by atoms with Gasteiger partial charge < -0.3 is 19.8 Å². The molecule has 0 amide bonds. The lowest BCUT2D eigenvalue weighted by Crippen LogP contribution is -2.56. The van der Waals surface area contributed by atoms with E-state index < -0.39 is 0 Å². The zero-order chi connectivity index (χ0) is 19.1. The van der Waals surface area contributed by atoms with Crippen LogP contribution < -0.4 is 10.6 Å². The van der Waals surface area contributed by atoms with Crippen molar-refractivity contribution >= 4 is 17.3 Å². The molecule has 1 aliphatic heterocycles. The van der Waals surface area contributed by atoms with Gasteiger partial charge in [0.25, 0.3) is 0 Å². The molecule has 0 saturated carbocycles. The van der Waals surface area contributed by atoms with Gasteiger partial charge in [0.05, 0.1) is 24.6 Å². The Hall–Kier alpha value is -1.90. The van der Waals surface area contributed by atoms with E-state index in [4.69, 9.17) is 9.15 Å². The van der Waals surface area contributed by atoms with Crippen molar-refractivity contribution in [1.29, 1.82) is 0 Å². The molecule has 0 bridgehead atoms. The molecule has 2 N–H and O–H groups in total. The van der Waals surface area contributed by atoms with Gasteiger partial charge in [-0.25, -0.2) is 9.98 Å². The highest BCUT2D eigenvalue weighted by Gasteiger charge is 2.28. The third-order valence-electron chi connectivity index (χ3n) is 4.58. The van der Waals surface area contributed by atoms with Gasteiger partial charge in [-0.2, -0.15) is 0 Å². The molecule has 2 aromatic rings. The summed E-state index contributed by atoms with van der Waals surface area (Å²) in [6, 6.07) is 3.99. The molecule has 3 heterocycles. The second-order valence-corrected chi connectivity index (χ2v) is 8.03. The summed E-state index contributed by atoms with van der Waals surface area (Å²) in [6.07, 6.45) is 1.68. The van der Waals surface area contributed by atoms with Crippen LogP contribution in [-0.4, -0.2) is 60.8 Å². The van der Waals surface area contributed by atoms with E-state index in [0.29, 0.717) is 12.4 Å². The van der Waals surface area contributed by atoms with Crippen molar-refractivity contribution in [3.63, 3.8) is 0 Å². The fourth-order valence-corrected chi connectivity index (χ4v) is 3.63. The lowest BCUT2D eigenvalue weighted by Gasteiger charge is -2.41. The lowest BCUT2D eigenvalue weighted by atomic mass is 10.0. The van der Waals surface area contributed by atoms with E-state index >= 15 is 0 Å². The van der Waals surface area contributed by atoms with Gasteiger partial charge in [0.15, 0.2) is 5.96 Å². The number of hydrogen-bond acceptors (Lipinski definition) is 6. The fourth-order valence-electron chi connectivity index (χ4n) is 2.98. The van der Waals surface area contributed by atoms with Gasteiger partial charge >= 0.3 is 0 Å². The van der Waals surface area contributed by atoms with Gasteiger partial charge in [-0.1, -0.05) is 6.07 Å². The monoisotopic (exact) mass is 391 g/mol. The number of aromatic nitrogens is 1. The Morgan fingerprint density at radius 3 is 2.85 bits per heavy atom. The number of rotatable bonds is 7. The van der Waals surface area contributed by atoms with Crippen LogP contribution >= 0.6 is 11.3 Å². The summed E-state index contributed by atoms with van der Waals surface area (Å²) in [5, 5.41) is 8.78. The van der Waals surface area contributed by atoms with Crippen LogP contribution in [0.3, 0.4) is 0 Å². The number of ether oxygens (including phenoxy) is 1. The minimum Gasteiger partial charge on any atom is -0.443 e. The minimum atomic E-state index is 0.0280. The van der Waals surface area contributed by atoms with Crippen molar-refractivity contribution in [2.45, 2.75) is 32.9 Å². The Morgan fingerprint density at radius 2 is 2.15 bits per heavy atom.